The first-order valence-electron chi connectivity index (χ1n) is 5.16. The molecule has 0 bridgehead atoms. The van der Waals surface area contributed by atoms with Crippen molar-refractivity contribution < 1.29 is 0 Å². The molecule has 2 aromatic heterocycles. The molecule has 0 aliphatic heterocycles. The van der Waals surface area contributed by atoms with Gasteiger partial charge < -0.3 is 4.57 Å². The molecule has 0 fully saturated rings. The van der Waals surface area contributed by atoms with E-state index in [1.807, 2.05) is 4.57 Å². The van der Waals surface area contributed by atoms with Gasteiger partial charge in [0.15, 0.2) is 0 Å². The summed E-state index contributed by atoms with van der Waals surface area (Å²) < 4.78 is 2.73. The van der Waals surface area contributed by atoms with Crippen LogP contribution in [0.3, 0.4) is 0 Å². The first-order chi connectivity index (χ1) is 7.63. The predicted molar refractivity (Wildman–Crippen MR) is 66.5 cm³/mol. The molecule has 0 N–H and O–H groups in total. The number of aromatic nitrogens is 3. The van der Waals surface area contributed by atoms with Crippen molar-refractivity contribution in [1.29, 1.82) is 0 Å². The standard InChI is InChI=1S/C11H12BrN3O/c1-3-7(2)15-6-14-11(16)9-4-8(12)5-13-10(9)15/h4-7H,3H2,1-2H3. The second-order valence-electron chi connectivity index (χ2n) is 3.74. The second-order valence-corrected chi connectivity index (χ2v) is 4.65. The van der Waals surface area contributed by atoms with E-state index in [1.54, 1.807) is 18.6 Å². The Bertz CT molecular complexity index is 579. The predicted octanol–water partition coefficient (Wildman–Crippen LogP) is 2.53. The lowest BCUT2D eigenvalue weighted by Crippen LogP contribution is -2.15. The van der Waals surface area contributed by atoms with Gasteiger partial charge in [-0.1, -0.05) is 6.92 Å². The van der Waals surface area contributed by atoms with Crippen LogP contribution in [0.15, 0.2) is 27.9 Å². The summed E-state index contributed by atoms with van der Waals surface area (Å²) in [5, 5.41) is 0.553. The summed E-state index contributed by atoms with van der Waals surface area (Å²) in [6.45, 7) is 4.17. The van der Waals surface area contributed by atoms with E-state index in [4.69, 9.17) is 0 Å². The van der Waals surface area contributed by atoms with Gasteiger partial charge in [-0.05, 0) is 35.3 Å². The van der Waals surface area contributed by atoms with Gasteiger partial charge in [-0.2, -0.15) is 4.98 Å². The number of hydrogen-bond donors (Lipinski definition) is 0. The van der Waals surface area contributed by atoms with Crippen LogP contribution in [0.4, 0.5) is 0 Å². The summed E-state index contributed by atoms with van der Waals surface area (Å²) in [5.41, 5.74) is 0.459. The molecule has 84 valence electrons. The summed E-state index contributed by atoms with van der Waals surface area (Å²) in [4.78, 5) is 19.8. The van der Waals surface area contributed by atoms with Gasteiger partial charge in [0.25, 0.3) is 5.56 Å². The number of fused-ring (bicyclic) bond motifs is 1. The zero-order valence-electron chi connectivity index (χ0n) is 9.14. The molecule has 1 atom stereocenters. The molecule has 0 aliphatic rings. The van der Waals surface area contributed by atoms with Crippen molar-refractivity contribution in [2.75, 3.05) is 0 Å². The van der Waals surface area contributed by atoms with Gasteiger partial charge in [0.05, 0.1) is 5.39 Å². The maximum Gasteiger partial charge on any atom is 0.282 e. The molecule has 0 spiro atoms. The summed E-state index contributed by atoms with van der Waals surface area (Å²) in [5.74, 6) is 0. The molecule has 2 heterocycles. The fraction of sp³-hybridized carbons (Fsp3) is 0.364. The third-order valence-electron chi connectivity index (χ3n) is 2.67. The van der Waals surface area contributed by atoms with Crippen molar-refractivity contribution in [2.24, 2.45) is 0 Å². The Labute approximate surface area is 101 Å². The van der Waals surface area contributed by atoms with Gasteiger partial charge in [-0.15, -0.1) is 0 Å². The average molecular weight is 282 g/mol. The highest BCUT2D eigenvalue weighted by molar-refractivity contribution is 9.10. The second kappa shape index (κ2) is 4.33. The molecule has 16 heavy (non-hydrogen) atoms. The molecule has 2 rings (SSSR count). The minimum Gasteiger partial charge on any atom is -0.314 e. The fourth-order valence-corrected chi connectivity index (χ4v) is 1.88. The van der Waals surface area contributed by atoms with Gasteiger partial charge in [-0.3, -0.25) is 4.79 Å². The molecular weight excluding hydrogens is 270 g/mol. The van der Waals surface area contributed by atoms with Crippen LogP contribution in [0.5, 0.6) is 0 Å². The Kier molecular flexibility index (Phi) is 3.05. The number of nitrogens with zero attached hydrogens (tertiary/aromatic N) is 3. The lowest BCUT2D eigenvalue weighted by Gasteiger charge is -2.14. The third-order valence-corrected chi connectivity index (χ3v) is 3.11. The van der Waals surface area contributed by atoms with E-state index in [0.717, 1.165) is 10.9 Å². The number of pyridine rings is 1. The molecule has 0 aliphatic carbocycles. The van der Waals surface area contributed by atoms with Gasteiger partial charge in [0, 0.05) is 16.7 Å². The van der Waals surface area contributed by atoms with Crippen molar-refractivity contribution in [2.45, 2.75) is 26.3 Å². The molecule has 0 radical (unpaired) electrons. The van der Waals surface area contributed by atoms with Gasteiger partial charge in [-0.25, -0.2) is 4.98 Å². The SMILES string of the molecule is CCC(C)n1cnc(=O)c2cc(Br)cnc21. The van der Waals surface area contributed by atoms with Gasteiger partial charge in [0.2, 0.25) is 0 Å². The number of halogens is 1. The van der Waals surface area contributed by atoms with E-state index in [2.05, 4.69) is 39.7 Å². The van der Waals surface area contributed by atoms with Crippen molar-refractivity contribution >= 4 is 27.0 Å². The molecule has 1 unspecified atom stereocenters. The minimum atomic E-state index is -0.233. The largest absolute Gasteiger partial charge is 0.314 e. The zero-order valence-corrected chi connectivity index (χ0v) is 10.7. The normalized spacial score (nSPS) is 12.9. The van der Waals surface area contributed by atoms with Crippen molar-refractivity contribution in [3.63, 3.8) is 0 Å². The Balaban J connectivity index is 2.79. The maximum atomic E-state index is 11.6. The van der Waals surface area contributed by atoms with E-state index >= 15 is 0 Å². The first kappa shape index (κ1) is 11.3. The molecular formula is C11H12BrN3O. The van der Waals surface area contributed by atoms with Crippen LogP contribution in [0.2, 0.25) is 0 Å². The molecule has 2 aromatic rings. The van der Waals surface area contributed by atoms with E-state index < -0.39 is 0 Å². The molecule has 0 saturated heterocycles. The molecule has 0 amide bonds. The highest BCUT2D eigenvalue weighted by Gasteiger charge is 2.09. The van der Waals surface area contributed by atoms with Crippen LogP contribution in [0.25, 0.3) is 11.0 Å². The van der Waals surface area contributed by atoms with Gasteiger partial charge in [0.1, 0.15) is 12.0 Å². The highest BCUT2D eigenvalue weighted by atomic mass is 79.9. The Hall–Kier alpha value is -1.23. The van der Waals surface area contributed by atoms with Crippen LogP contribution in [0, 0.1) is 0 Å². The fourth-order valence-electron chi connectivity index (χ4n) is 1.55. The van der Waals surface area contributed by atoms with Crippen LogP contribution in [-0.4, -0.2) is 14.5 Å². The van der Waals surface area contributed by atoms with Gasteiger partial charge >= 0.3 is 0 Å². The molecule has 5 heteroatoms. The lowest BCUT2D eigenvalue weighted by atomic mass is 10.2. The smallest absolute Gasteiger partial charge is 0.282 e. The Morgan fingerprint density at radius 2 is 2.25 bits per heavy atom. The van der Waals surface area contributed by atoms with E-state index in [0.29, 0.717) is 11.0 Å². The average Bonchev–Trinajstić information content (AvgIpc) is 2.29. The van der Waals surface area contributed by atoms with E-state index in [-0.39, 0.29) is 11.6 Å². The Morgan fingerprint density at radius 1 is 1.50 bits per heavy atom. The first-order valence-corrected chi connectivity index (χ1v) is 5.95. The topological polar surface area (TPSA) is 47.8 Å². The van der Waals surface area contributed by atoms with Crippen molar-refractivity contribution in [3.05, 3.63) is 33.4 Å². The highest BCUT2D eigenvalue weighted by Crippen LogP contribution is 2.17. The maximum absolute atomic E-state index is 11.6. The van der Waals surface area contributed by atoms with Crippen LogP contribution < -0.4 is 5.56 Å². The number of rotatable bonds is 2. The third kappa shape index (κ3) is 1.87. The monoisotopic (exact) mass is 281 g/mol. The van der Waals surface area contributed by atoms with Crippen LogP contribution in [-0.2, 0) is 0 Å². The van der Waals surface area contributed by atoms with Crippen molar-refractivity contribution in [3.8, 4) is 0 Å². The quantitative estimate of drug-likeness (QED) is 0.850. The molecule has 0 saturated carbocycles. The minimum absolute atomic E-state index is 0.233. The summed E-state index contributed by atoms with van der Waals surface area (Å²) in [6, 6.07) is 2.04. The van der Waals surface area contributed by atoms with Crippen LogP contribution in [0.1, 0.15) is 26.3 Å². The Morgan fingerprint density at radius 3 is 2.94 bits per heavy atom. The summed E-state index contributed by atoms with van der Waals surface area (Å²) in [7, 11) is 0. The van der Waals surface area contributed by atoms with E-state index in [1.165, 1.54) is 0 Å². The molecule has 4 nitrogen and oxygen atoms in total. The summed E-state index contributed by atoms with van der Waals surface area (Å²) in [6.07, 6.45) is 4.23. The lowest BCUT2D eigenvalue weighted by molar-refractivity contribution is 0.533. The van der Waals surface area contributed by atoms with E-state index in [9.17, 15) is 4.79 Å². The van der Waals surface area contributed by atoms with Crippen LogP contribution >= 0.6 is 15.9 Å². The van der Waals surface area contributed by atoms with Crippen molar-refractivity contribution in [1.82, 2.24) is 14.5 Å². The summed E-state index contributed by atoms with van der Waals surface area (Å²) >= 11 is 3.31. The number of hydrogen-bond acceptors (Lipinski definition) is 3. The zero-order chi connectivity index (χ0) is 11.7. The molecule has 0 aromatic carbocycles.